The molecule has 2 aromatic carbocycles. The standard InChI is InChI=1S/C20H23N3O4S2/c1-22(29(26,27)18-10-8-17(28-2)9-11-18)14-19(24)21-15-5-3-6-16(13-15)23-12-4-7-20(23)25/h3,5-6,8-11,13H,4,7,12,14H2,1-2H3,(H,21,24). The summed E-state index contributed by atoms with van der Waals surface area (Å²) in [5.41, 5.74) is 1.24. The number of hydrogen-bond acceptors (Lipinski definition) is 5. The third kappa shape index (κ3) is 4.98. The normalized spacial score (nSPS) is 14.4. The molecule has 154 valence electrons. The fraction of sp³-hybridized carbons (Fsp3) is 0.300. The molecule has 0 radical (unpaired) electrons. The molecule has 2 amide bonds. The van der Waals surface area contributed by atoms with Gasteiger partial charge in [0.25, 0.3) is 0 Å². The molecule has 1 saturated heterocycles. The predicted molar refractivity (Wildman–Crippen MR) is 115 cm³/mol. The number of nitrogens with one attached hydrogen (secondary N) is 1. The Morgan fingerprint density at radius 3 is 2.55 bits per heavy atom. The molecule has 1 N–H and O–H groups in total. The summed E-state index contributed by atoms with van der Waals surface area (Å²) in [7, 11) is -2.40. The average Bonchev–Trinajstić information content (AvgIpc) is 3.14. The van der Waals surface area contributed by atoms with Crippen molar-refractivity contribution in [1.29, 1.82) is 0 Å². The van der Waals surface area contributed by atoms with E-state index in [4.69, 9.17) is 0 Å². The molecular weight excluding hydrogens is 410 g/mol. The fourth-order valence-corrected chi connectivity index (χ4v) is 4.62. The quantitative estimate of drug-likeness (QED) is 0.679. The average molecular weight is 434 g/mol. The first-order valence-corrected chi connectivity index (χ1v) is 11.8. The summed E-state index contributed by atoms with van der Waals surface area (Å²) in [6.45, 7) is 0.339. The van der Waals surface area contributed by atoms with E-state index < -0.39 is 15.9 Å². The zero-order chi connectivity index (χ0) is 21.0. The van der Waals surface area contributed by atoms with E-state index in [0.29, 0.717) is 18.7 Å². The molecule has 1 aliphatic rings. The van der Waals surface area contributed by atoms with Gasteiger partial charge in [0.15, 0.2) is 0 Å². The maximum absolute atomic E-state index is 12.7. The Kier molecular flexibility index (Phi) is 6.61. The summed E-state index contributed by atoms with van der Waals surface area (Å²) in [4.78, 5) is 27.1. The maximum Gasteiger partial charge on any atom is 0.243 e. The van der Waals surface area contributed by atoms with Crippen molar-refractivity contribution in [2.24, 2.45) is 0 Å². The molecule has 0 saturated carbocycles. The Morgan fingerprint density at radius 1 is 1.21 bits per heavy atom. The number of likely N-dealkylation sites (N-methyl/N-ethyl adjacent to an activating group) is 1. The van der Waals surface area contributed by atoms with Gasteiger partial charge in [-0.1, -0.05) is 6.07 Å². The minimum atomic E-state index is -3.77. The number of sulfonamides is 1. The second-order valence-electron chi connectivity index (χ2n) is 6.68. The maximum atomic E-state index is 12.7. The van der Waals surface area contributed by atoms with Crippen LogP contribution in [0.25, 0.3) is 0 Å². The molecule has 1 fully saturated rings. The minimum absolute atomic E-state index is 0.0618. The van der Waals surface area contributed by atoms with E-state index in [1.54, 1.807) is 35.2 Å². The van der Waals surface area contributed by atoms with Gasteiger partial charge in [0.1, 0.15) is 0 Å². The van der Waals surface area contributed by atoms with Gasteiger partial charge in [-0.05, 0) is 55.1 Å². The van der Waals surface area contributed by atoms with Crippen LogP contribution in [0.4, 0.5) is 11.4 Å². The van der Waals surface area contributed by atoms with Crippen LogP contribution in [-0.4, -0.2) is 50.9 Å². The van der Waals surface area contributed by atoms with Gasteiger partial charge in [-0.3, -0.25) is 9.59 Å². The molecule has 0 atom stereocenters. The molecular formula is C20H23N3O4S2. The first kappa shape index (κ1) is 21.4. The van der Waals surface area contributed by atoms with Crippen LogP contribution in [0.15, 0.2) is 58.3 Å². The van der Waals surface area contributed by atoms with Crippen LogP contribution in [0.2, 0.25) is 0 Å². The van der Waals surface area contributed by atoms with Crippen molar-refractivity contribution in [3.05, 3.63) is 48.5 Å². The van der Waals surface area contributed by atoms with Crippen LogP contribution in [0.3, 0.4) is 0 Å². The third-order valence-corrected chi connectivity index (χ3v) is 7.21. The summed E-state index contributed by atoms with van der Waals surface area (Å²) in [5, 5.41) is 2.71. The van der Waals surface area contributed by atoms with Gasteiger partial charge in [0, 0.05) is 36.3 Å². The molecule has 0 bridgehead atoms. The lowest BCUT2D eigenvalue weighted by Gasteiger charge is -2.18. The number of hydrogen-bond donors (Lipinski definition) is 1. The molecule has 2 aromatic rings. The van der Waals surface area contributed by atoms with Gasteiger partial charge in [0.05, 0.1) is 11.4 Å². The van der Waals surface area contributed by atoms with Gasteiger partial charge < -0.3 is 10.2 Å². The Balaban J connectivity index is 1.66. The number of nitrogens with zero attached hydrogens (tertiary/aromatic N) is 2. The van der Waals surface area contributed by atoms with Crippen molar-refractivity contribution in [2.45, 2.75) is 22.6 Å². The van der Waals surface area contributed by atoms with Crippen LogP contribution >= 0.6 is 11.8 Å². The number of amides is 2. The number of carbonyl (C=O) groups excluding carboxylic acids is 2. The number of rotatable bonds is 7. The Bertz CT molecular complexity index is 1010. The smallest absolute Gasteiger partial charge is 0.243 e. The highest BCUT2D eigenvalue weighted by atomic mass is 32.2. The second kappa shape index (κ2) is 8.98. The van der Waals surface area contributed by atoms with Crippen molar-refractivity contribution in [2.75, 3.05) is 36.6 Å². The molecule has 1 aliphatic heterocycles. The fourth-order valence-electron chi connectivity index (χ4n) is 3.09. The van der Waals surface area contributed by atoms with E-state index >= 15 is 0 Å². The van der Waals surface area contributed by atoms with Crippen molar-refractivity contribution >= 4 is 45.0 Å². The van der Waals surface area contributed by atoms with Crippen molar-refractivity contribution in [3.8, 4) is 0 Å². The van der Waals surface area contributed by atoms with Crippen LogP contribution < -0.4 is 10.2 Å². The van der Waals surface area contributed by atoms with Gasteiger partial charge in [-0.15, -0.1) is 11.8 Å². The molecule has 0 aromatic heterocycles. The van der Waals surface area contributed by atoms with Crippen LogP contribution in [0.1, 0.15) is 12.8 Å². The van der Waals surface area contributed by atoms with E-state index in [0.717, 1.165) is 21.3 Å². The number of anilines is 2. The summed E-state index contributed by atoms with van der Waals surface area (Å²) >= 11 is 1.52. The lowest BCUT2D eigenvalue weighted by atomic mass is 10.2. The van der Waals surface area contributed by atoms with Gasteiger partial charge >= 0.3 is 0 Å². The monoisotopic (exact) mass is 433 g/mol. The van der Waals surface area contributed by atoms with Crippen LogP contribution in [0, 0.1) is 0 Å². The summed E-state index contributed by atoms with van der Waals surface area (Å²) < 4.78 is 26.4. The van der Waals surface area contributed by atoms with E-state index in [9.17, 15) is 18.0 Å². The van der Waals surface area contributed by atoms with Crippen molar-refractivity contribution in [1.82, 2.24) is 4.31 Å². The van der Waals surface area contributed by atoms with Crippen molar-refractivity contribution in [3.63, 3.8) is 0 Å². The first-order chi connectivity index (χ1) is 13.8. The first-order valence-electron chi connectivity index (χ1n) is 9.12. The molecule has 0 aliphatic carbocycles. The van der Waals surface area contributed by atoms with E-state index in [1.807, 2.05) is 12.3 Å². The highest BCUT2D eigenvalue weighted by molar-refractivity contribution is 7.98. The largest absolute Gasteiger partial charge is 0.325 e. The molecule has 7 nitrogen and oxygen atoms in total. The van der Waals surface area contributed by atoms with Gasteiger partial charge in [-0.25, -0.2) is 8.42 Å². The van der Waals surface area contributed by atoms with Crippen LogP contribution in [0.5, 0.6) is 0 Å². The summed E-state index contributed by atoms with van der Waals surface area (Å²) in [5.74, 6) is -0.395. The van der Waals surface area contributed by atoms with E-state index in [1.165, 1.54) is 30.9 Å². The Morgan fingerprint density at radius 2 is 1.93 bits per heavy atom. The summed E-state index contributed by atoms with van der Waals surface area (Å²) in [6.07, 6.45) is 3.25. The Hall–Kier alpha value is -2.36. The molecule has 3 rings (SSSR count). The number of thioether (sulfide) groups is 1. The van der Waals surface area contributed by atoms with Crippen molar-refractivity contribution < 1.29 is 18.0 Å². The zero-order valence-electron chi connectivity index (χ0n) is 16.3. The zero-order valence-corrected chi connectivity index (χ0v) is 17.9. The van der Waals surface area contributed by atoms with Gasteiger partial charge in [-0.2, -0.15) is 4.31 Å². The molecule has 0 unspecified atom stereocenters. The third-order valence-electron chi connectivity index (χ3n) is 4.65. The summed E-state index contributed by atoms with van der Waals surface area (Å²) in [6, 6.07) is 13.5. The SMILES string of the molecule is CSc1ccc(S(=O)(=O)N(C)CC(=O)Nc2cccc(N3CCCC3=O)c2)cc1. The van der Waals surface area contributed by atoms with Gasteiger partial charge in [0.2, 0.25) is 21.8 Å². The highest BCUT2D eigenvalue weighted by Crippen LogP contribution is 2.24. The highest BCUT2D eigenvalue weighted by Gasteiger charge is 2.24. The lowest BCUT2D eigenvalue weighted by Crippen LogP contribution is -2.35. The predicted octanol–water partition coefficient (Wildman–Crippen LogP) is 2.79. The lowest BCUT2D eigenvalue weighted by molar-refractivity contribution is -0.117. The molecule has 29 heavy (non-hydrogen) atoms. The molecule has 9 heteroatoms. The van der Waals surface area contributed by atoms with Crippen LogP contribution in [-0.2, 0) is 19.6 Å². The van der Waals surface area contributed by atoms with E-state index in [2.05, 4.69) is 5.32 Å². The number of benzene rings is 2. The number of carbonyl (C=O) groups is 2. The molecule has 1 heterocycles. The molecule has 0 spiro atoms. The second-order valence-corrected chi connectivity index (χ2v) is 9.61. The van der Waals surface area contributed by atoms with E-state index in [-0.39, 0.29) is 17.3 Å². The minimum Gasteiger partial charge on any atom is -0.325 e. The Labute approximate surface area is 175 Å². The topological polar surface area (TPSA) is 86.8 Å².